The maximum absolute atomic E-state index is 12.3. The SMILES string of the molecule is [2H]C([2H])([2H])Nc1ncc(C(N)=Nc2ccc(N3CCO[C@H](C)C3)cn2)c2cc(NC(=O)C3CC3)ncc12. The number of hydrogen-bond acceptors (Lipinski definition) is 8. The van der Waals surface area contributed by atoms with Crippen molar-refractivity contribution in [3.63, 3.8) is 0 Å². The first-order valence-electron chi connectivity index (χ1n) is 12.7. The maximum atomic E-state index is 12.3. The van der Waals surface area contributed by atoms with Gasteiger partial charge in [-0.2, -0.15) is 0 Å². The van der Waals surface area contributed by atoms with Crippen LogP contribution >= 0.6 is 0 Å². The van der Waals surface area contributed by atoms with Crippen molar-refractivity contribution in [1.29, 1.82) is 0 Å². The number of amides is 1. The first-order chi connectivity index (χ1) is 17.7. The number of ether oxygens (including phenoxy) is 1. The van der Waals surface area contributed by atoms with Crippen molar-refractivity contribution in [2.24, 2.45) is 16.6 Å². The van der Waals surface area contributed by atoms with Gasteiger partial charge in [-0.15, -0.1) is 0 Å². The number of pyridine rings is 3. The number of fused-ring (bicyclic) bond motifs is 1. The normalized spacial score (nSPS) is 20.4. The number of morpholine rings is 1. The number of nitrogens with zero attached hydrogens (tertiary/aromatic N) is 5. The van der Waals surface area contributed by atoms with Crippen LogP contribution in [0.15, 0.2) is 41.8 Å². The monoisotopic (exact) mass is 463 g/mol. The lowest BCUT2D eigenvalue weighted by Crippen LogP contribution is -2.41. The third kappa shape index (κ3) is 4.62. The van der Waals surface area contributed by atoms with Crippen molar-refractivity contribution in [3.8, 4) is 0 Å². The fraction of sp³-hybridized carbons (Fsp3) is 0.375. The van der Waals surface area contributed by atoms with Crippen molar-refractivity contribution in [2.45, 2.75) is 25.9 Å². The van der Waals surface area contributed by atoms with E-state index >= 15 is 0 Å². The van der Waals surface area contributed by atoms with E-state index in [4.69, 9.17) is 14.6 Å². The Kier molecular flexibility index (Phi) is 5.05. The van der Waals surface area contributed by atoms with E-state index in [9.17, 15) is 4.79 Å². The number of rotatable bonds is 6. The molecule has 10 nitrogen and oxygen atoms in total. The molecule has 0 bridgehead atoms. The second kappa shape index (κ2) is 9.22. The molecule has 10 heteroatoms. The molecule has 4 heterocycles. The Hall–Kier alpha value is -3.79. The standard InChI is InChI=1S/C24H28N8O2/c1-14-13-32(7-8-34-14)16-5-6-20(27-10-16)30-22(25)18-11-29-23(26-2)19-12-28-21(9-17(18)19)31-24(33)15-3-4-15/h5-6,9-12,14-15H,3-4,7-8,13H2,1-2H3,(H,26,29)(H2,25,27,30)(H,28,31,33)/t14-/m1/s1/i2D3. The Bertz CT molecular complexity index is 1340. The number of amidine groups is 1. The van der Waals surface area contributed by atoms with Gasteiger partial charge in [0.15, 0.2) is 5.82 Å². The predicted molar refractivity (Wildman–Crippen MR) is 133 cm³/mol. The van der Waals surface area contributed by atoms with Crippen molar-refractivity contribution >= 4 is 45.7 Å². The van der Waals surface area contributed by atoms with Gasteiger partial charge in [0.05, 0.1) is 24.6 Å². The van der Waals surface area contributed by atoms with E-state index in [0.717, 1.165) is 31.6 Å². The molecule has 3 aromatic heterocycles. The summed E-state index contributed by atoms with van der Waals surface area (Å²) in [6.07, 6.45) is 6.53. The van der Waals surface area contributed by atoms with Crippen LogP contribution in [0.4, 0.5) is 23.1 Å². The molecule has 1 aliphatic heterocycles. The van der Waals surface area contributed by atoms with Crippen LogP contribution in [-0.2, 0) is 9.53 Å². The van der Waals surface area contributed by atoms with Crippen LogP contribution in [0.5, 0.6) is 0 Å². The van der Waals surface area contributed by atoms with E-state index < -0.39 is 6.98 Å². The molecule has 0 radical (unpaired) electrons. The van der Waals surface area contributed by atoms with Crippen LogP contribution in [0.2, 0.25) is 0 Å². The summed E-state index contributed by atoms with van der Waals surface area (Å²) in [5, 5.41) is 6.21. The van der Waals surface area contributed by atoms with Crippen LogP contribution in [0.1, 0.15) is 29.4 Å². The van der Waals surface area contributed by atoms with Gasteiger partial charge in [0.1, 0.15) is 17.5 Å². The van der Waals surface area contributed by atoms with Crippen molar-refractivity contribution < 1.29 is 13.6 Å². The Morgan fingerprint density at radius 3 is 2.85 bits per heavy atom. The summed E-state index contributed by atoms with van der Waals surface area (Å²) in [6, 6.07) is 5.37. The maximum Gasteiger partial charge on any atom is 0.228 e. The summed E-state index contributed by atoms with van der Waals surface area (Å²) >= 11 is 0. The minimum Gasteiger partial charge on any atom is -0.383 e. The van der Waals surface area contributed by atoms with Gasteiger partial charge in [0.25, 0.3) is 0 Å². The fourth-order valence-electron chi connectivity index (χ4n) is 3.95. The Labute approximate surface area is 201 Å². The Balaban J connectivity index is 1.47. The molecule has 1 amide bonds. The summed E-state index contributed by atoms with van der Waals surface area (Å²) in [7, 11) is 0. The van der Waals surface area contributed by atoms with Crippen LogP contribution in [0.25, 0.3) is 10.8 Å². The predicted octanol–water partition coefficient (Wildman–Crippen LogP) is 2.68. The van der Waals surface area contributed by atoms with Crippen molar-refractivity contribution in [3.05, 3.63) is 42.4 Å². The summed E-state index contributed by atoms with van der Waals surface area (Å²) in [5.74, 6) is 0.932. The molecule has 1 saturated heterocycles. The largest absolute Gasteiger partial charge is 0.383 e. The van der Waals surface area contributed by atoms with Gasteiger partial charge in [-0.05, 0) is 38.0 Å². The summed E-state index contributed by atoms with van der Waals surface area (Å²) in [6.45, 7) is 1.82. The van der Waals surface area contributed by atoms with E-state index in [1.165, 1.54) is 12.4 Å². The summed E-state index contributed by atoms with van der Waals surface area (Å²) in [4.78, 5) is 32.0. The van der Waals surface area contributed by atoms with Gasteiger partial charge in [-0.25, -0.2) is 19.9 Å². The van der Waals surface area contributed by atoms with Crippen LogP contribution < -0.4 is 21.3 Å². The van der Waals surface area contributed by atoms with Crippen LogP contribution in [0, 0.1) is 5.92 Å². The molecular formula is C24H28N8O2. The number of hydrogen-bond donors (Lipinski definition) is 3. The lowest BCUT2D eigenvalue weighted by Gasteiger charge is -2.32. The zero-order valence-corrected chi connectivity index (χ0v) is 18.8. The number of nitrogens with one attached hydrogen (secondary N) is 2. The summed E-state index contributed by atoms with van der Waals surface area (Å²) < 4.78 is 28.3. The summed E-state index contributed by atoms with van der Waals surface area (Å²) in [5.41, 5.74) is 7.82. The van der Waals surface area contributed by atoms with E-state index in [1.54, 1.807) is 18.3 Å². The first kappa shape index (κ1) is 18.6. The van der Waals surface area contributed by atoms with Gasteiger partial charge < -0.3 is 26.0 Å². The third-order valence-electron chi connectivity index (χ3n) is 5.94. The average Bonchev–Trinajstić information content (AvgIpc) is 3.69. The molecule has 0 aromatic carbocycles. The average molecular weight is 464 g/mol. The lowest BCUT2D eigenvalue weighted by atomic mass is 10.1. The second-order valence-electron chi connectivity index (χ2n) is 8.52. The molecule has 176 valence electrons. The number of carbonyl (C=O) groups is 1. The van der Waals surface area contributed by atoms with E-state index in [1.807, 2.05) is 13.0 Å². The number of aliphatic imine (C=N–C) groups is 1. The van der Waals surface area contributed by atoms with Gasteiger partial charge >= 0.3 is 0 Å². The highest BCUT2D eigenvalue weighted by Crippen LogP contribution is 2.31. The highest BCUT2D eigenvalue weighted by Gasteiger charge is 2.30. The van der Waals surface area contributed by atoms with Gasteiger partial charge in [0.2, 0.25) is 5.91 Å². The highest BCUT2D eigenvalue weighted by molar-refractivity contribution is 6.12. The van der Waals surface area contributed by atoms with Crippen molar-refractivity contribution in [1.82, 2.24) is 15.0 Å². The molecule has 1 saturated carbocycles. The molecule has 3 aromatic rings. The van der Waals surface area contributed by atoms with Gasteiger partial charge in [-0.3, -0.25) is 4.79 Å². The number of aromatic nitrogens is 3. The van der Waals surface area contributed by atoms with E-state index in [-0.39, 0.29) is 29.6 Å². The Morgan fingerprint density at radius 1 is 1.24 bits per heavy atom. The molecule has 2 aliphatic rings. The smallest absolute Gasteiger partial charge is 0.228 e. The fourth-order valence-corrected chi connectivity index (χ4v) is 3.95. The first-order valence-corrected chi connectivity index (χ1v) is 11.2. The molecule has 4 N–H and O–H groups in total. The van der Waals surface area contributed by atoms with Crippen LogP contribution in [0.3, 0.4) is 0 Å². The third-order valence-corrected chi connectivity index (χ3v) is 5.94. The van der Waals surface area contributed by atoms with Crippen LogP contribution in [-0.4, -0.2) is 59.5 Å². The quantitative estimate of drug-likeness (QED) is 0.376. The molecule has 5 rings (SSSR count). The molecule has 2 fully saturated rings. The number of nitrogens with two attached hydrogens (primary N) is 1. The molecule has 0 unspecified atom stereocenters. The van der Waals surface area contributed by atoms with E-state index in [2.05, 4.69) is 35.5 Å². The number of carbonyl (C=O) groups excluding carboxylic acids is 1. The second-order valence-corrected chi connectivity index (χ2v) is 8.52. The lowest BCUT2D eigenvalue weighted by molar-refractivity contribution is -0.117. The molecular weight excluding hydrogens is 432 g/mol. The molecule has 1 atom stereocenters. The van der Waals surface area contributed by atoms with E-state index in [0.29, 0.717) is 34.6 Å². The van der Waals surface area contributed by atoms with Gasteiger partial charge in [-0.1, -0.05) is 0 Å². The molecule has 1 aliphatic carbocycles. The zero-order chi connectivity index (χ0) is 26.2. The molecule has 0 spiro atoms. The number of anilines is 3. The minimum absolute atomic E-state index is 0.00328. The van der Waals surface area contributed by atoms with Crippen molar-refractivity contribution in [2.75, 3.05) is 42.2 Å². The van der Waals surface area contributed by atoms with Gasteiger partial charge in [0, 0.05) is 58.8 Å². The molecule has 34 heavy (non-hydrogen) atoms. The zero-order valence-electron chi connectivity index (χ0n) is 21.8. The Morgan fingerprint density at radius 2 is 2.12 bits per heavy atom. The minimum atomic E-state index is -2.45. The topological polar surface area (TPSA) is 131 Å². The highest BCUT2D eigenvalue weighted by atomic mass is 16.5.